The molecule has 0 bridgehead atoms. The standard InChI is InChI=1S/C14H10BrClFNO2/c15-13(12-6-3-10(17)8-14(12)16)7-9-1-4-11(5-2-9)18(19)20/h1-6,8,13H,7H2. The quantitative estimate of drug-likeness (QED) is 0.435. The summed E-state index contributed by atoms with van der Waals surface area (Å²) >= 11 is 9.50. The van der Waals surface area contributed by atoms with Crippen LogP contribution in [0.1, 0.15) is 16.0 Å². The molecule has 0 aliphatic heterocycles. The lowest BCUT2D eigenvalue weighted by Crippen LogP contribution is -1.97. The molecule has 20 heavy (non-hydrogen) atoms. The van der Waals surface area contributed by atoms with E-state index in [9.17, 15) is 14.5 Å². The summed E-state index contributed by atoms with van der Waals surface area (Å²) in [5, 5.41) is 10.9. The molecule has 1 unspecified atom stereocenters. The number of rotatable bonds is 4. The lowest BCUT2D eigenvalue weighted by atomic mass is 10.0. The summed E-state index contributed by atoms with van der Waals surface area (Å²) in [6, 6.07) is 10.6. The molecule has 0 aromatic heterocycles. The molecular weight excluding hydrogens is 349 g/mol. The van der Waals surface area contributed by atoms with E-state index in [0.29, 0.717) is 11.4 Å². The largest absolute Gasteiger partial charge is 0.269 e. The van der Waals surface area contributed by atoms with E-state index in [0.717, 1.165) is 11.1 Å². The number of alkyl halides is 1. The molecular formula is C14H10BrClFNO2. The number of halogens is 3. The van der Waals surface area contributed by atoms with Gasteiger partial charge in [-0.15, -0.1) is 0 Å². The van der Waals surface area contributed by atoms with Crippen LogP contribution in [0.2, 0.25) is 5.02 Å². The van der Waals surface area contributed by atoms with Crippen molar-refractivity contribution in [3.8, 4) is 0 Å². The Morgan fingerprint density at radius 1 is 1.25 bits per heavy atom. The molecule has 0 fully saturated rings. The summed E-state index contributed by atoms with van der Waals surface area (Å²) in [6.45, 7) is 0. The third kappa shape index (κ3) is 3.55. The van der Waals surface area contributed by atoms with Gasteiger partial charge < -0.3 is 0 Å². The van der Waals surface area contributed by atoms with Crippen LogP contribution in [0.4, 0.5) is 10.1 Å². The third-order valence-corrected chi connectivity index (χ3v) is 4.01. The van der Waals surface area contributed by atoms with E-state index < -0.39 is 4.92 Å². The van der Waals surface area contributed by atoms with Crippen molar-refractivity contribution in [3.05, 3.63) is 74.5 Å². The normalized spacial score (nSPS) is 12.2. The second kappa shape index (κ2) is 6.33. The van der Waals surface area contributed by atoms with Crippen molar-refractivity contribution in [2.24, 2.45) is 0 Å². The number of nitrogens with zero attached hydrogens (tertiary/aromatic N) is 1. The number of benzene rings is 2. The predicted molar refractivity (Wildman–Crippen MR) is 79.9 cm³/mol. The van der Waals surface area contributed by atoms with Gasteiger partial charge in [-0.2, -0.15) is 0 Å². The minimum Gasteiger partial charge on any atom is -0.258 e. The second-order valence-electron chi connectivity index (χ2n) is 4.26. The van der Waals surface area contributed by atoms with E-state index >= 15 is 0 Å². The van der Waals surface area contributed by atoms with Gasteiger partial charge in [-0.1, -0.05) is 45.7 Å². The van der Waals surface area contributed by atoms with Gasteiger partial charge in [0.05, 0.1) is 4.92 Å². The minimum atomic E-state index is -0.438. The number of hydrogen-bond acceptors (Lipinski definition) is 2. The molecule has 0 amide bonds. The van der Waals surface area contributed by atoms with E-state index in [-0.39, 0.29) is 16.3 Å². The second-order valence-corrected chi connectivity index (χ2v) is 5.77. The molecule has 2 rings (SSSR count). The lowest BCUT2D eigenvalue weighted by molar-refractivity contribution is -0.384. The Balaban J connectivity index is 2.14. The fourth-order valence-corrected chi connectivity index (χ4v) is 3.03. The molecule has 104 valence electrons. The summed E-state index contributed by atoms with van der Waals surface area (Å²) in [5.41, 5.74) is 1.77. The van der Waals surface area contributed by atoms with Crippen molar-refractivity contribution in [1.82, 2.24) is 0 Å². The molecule has 1 atom stereocenters. The lowest BCUT2D eigenvalue weighted by Gasteiger charge is -2.12. The zero-order valence-electron chi connectivity index (χ0n) is 10.2. The Morgan fingerprint density at radius 3 is 2.45 bits per heavy atom. The van der Waals surface area contributed by atoms with Gasteiger partial charge in [-0.25, -0.2) is 4.39 Å². The number of nitro groups is 1. The van der Waals surface area contributed by atoms with Crippen molar-refractivity contribution in [2.75, 3.05) is 0 Å². The Bertz CT molecular complexity index is 634. The fourth-order valence-electron chi connectivity index (χ4n) is 1.83. The molecule has 0 radical (unpaired) electrons. The topological polar surface area (TPSA) is 43.1 Å². The Morgan fingerprint density at radius 2 is 1.90 bits per heavy atom. The van der Waals surface area contributed by atoms with Gasteiger partial charge >= 0.3 is 0 Å². The van der Waals surface area contributed by atoms with Gasteiger partial charge in [0.2, 0.25) is 0 Å². The van der Waals surface area contributed by atoms with Crippen LogP contribution in [0.25, 0.3) is 0 Å². The van der Waals surface area contributed by atoms with Crippen molar-refractivity contribution < 1.29 is 9.31 Å². The maximum Gasteiger partial charge on any atom is 0.269 e. The predicted octanol–water partition coefficient (Wildman–Crippen LogP) is 5.07. The van der Waals surface area contributed by atoms with Crippen LogP contribution in [0, 0.1) is 15.9 Å². The molecule has 2 aromatic rings. The third-order valence-electron chi connectivity index (χ3n) is 2.86. The molecule has 6 heteroatoms. The highest BCUT2D eigenvalue weighted by Crippen LogP contribution is 2.33. The first-order chi connectivity index (χ1) is 9.47. The Kier molecular flexibility index (Phi) is 4.73. The van der Waals surface area contributed by atoms with E-state index in [1.54, 1.807) is 18.2 Å². The molecule has 0 heterocycles. The minimum absolute atomic E-state index is 0.0553. The zero-order chi connectivity index (χ0) is 14.7. The van der Waals surface area contributed by atoms with Crippen molar-refractivity contribution in [1.29, 1.82) is 0 Å². The summed E-state index contributed by atoms with van der Waals surface area (Å²) in [4.78, 5) is 10.1. The van der Waals surface area contributed by atoms with E-state index in [4.69, 9.17) is 11.6 Å². The highest BCUT2D eigenvalue weighted by Gasteiger charge is 2.13. The van der Waals surface area contributed by atoms with E-state index in [1.165, 1.54) is 24.3 Å². The smallest absolute Gasteiger partial charge is 0.258 e. The van der Waals surface area contributed by atoms with Gasteiger partial charge in [0, 0.05) is 22.0 Å². The van der Waals surface area contributed by atoms with Crippen molar-refractivity contribution in [2.45, 2.75) is 11.2 Å². The van der Waals surface area contributed by atoms with Crippen LogP contribution < -0.4 is 0 Å². The maximum atomic E-state index is 13.0. The van der Waals surface area contributed by atoms with Crippen molar-refractivity contribution in [3.63, 3.8) is 0 Å². The monoisotopic (exact) mass is 357 g/mol. The Labute approximate surface area is 128 Å². The molecule has 0 N–H and O–H groups in total. The highest BCUT2D eigenvalue weighted by molar-refractivity contribution is 9.09. The van der Waals surface area contributed by atoms with Crippen molar-refractivity contribution >= 4 is 33.2 Å². The van der Waals surface area contributed by atoms with Gasteiger partial charge in [0.15, 0.2) is 0 Å². The summed E-state index contributed by atoms with van der Waals surface area (Å²) in [5.74, 6) is -0.381. The summed E-state index contributed by atoms with van der Waals surface area (Å²) in [6.07, 6.45) is 0.601. The van der Waals surface area contributed by atoms with Crippen LogP contribution in [-0.2, 0) is 6.42 Å². The molecule has 0 aliphatic carbocycles. The maximum absolute atomic E-state index is 13.0. The molecule has 3 nitrogen and oxygen atoms in total. The molecule has 0 saturated carbocycles. The van der Waals surface area contributed by atoms with E-state index in [2.05, 4.69) is 15.9 Å². The van der Waals surface area contributed by atoms with Gasteiger partial charge in [-0.3, -0.25) is 10.1 Å². The summed E-state index contributed by atoms with van der Waals surface area (Å²) < 4.78 is 13.0. The zero-order valence-corrected chi connectivity index (χ0v) is 12.6. The average molecular weight is 359 g/mol. The number of non-ortho nitro benzene ring substituents is 1. The van der Waals surface area contributed by atoms with Gasteiger partial charge in [0.25, 0.3) is 5.69 Å². The number of hydrogen-bond donors (Lipinski definition) is 0. The highest BCUT2D eigenvalue weighted by atomic mass is 79.9. The average Bonchev–Trinajstić information content (AvgIpc) is 2.39. The van der Waals surface area contributed by atoms with E-state index in [1.807, 2.05) is 0 Å². The first kappa shape index (κ1) is 14.9. The fraction of sp³-hybridized carbons (Fsp3) is 0.143. The summed E-state index contributed by atoms with van der Waals surface area (Å²) in [7, 11) is 0. The van der Waals surface area contributed by atoms with Gasteiger partial charge in [-0.05, 0) is 29.7 Å². The van der Waals surface area contributed by atoms with Crippen LogP contribution in [-0.4, -0.2) is 4.92 Å². The van der Waals surface area contributed by atoms with Gasteiger partial charge in [0.1, 0.15) is 5.82 Å². The Hall–Kier alpha value is -1.46. The number of nitro benzene ring substituents is 1. The molecule has 0 aliphatic rings. The van der Waals surface area contributed by atoms with Crippen LogP contribution in [0.15, 0.2) is 42.5 Å². The molecule has 0 saturated heterocycles. The molecule has 2 aromatic carbocycles. The SMILES string of the molecule is O=[N+]([O-])c1ccc(CC(Br)c2ccc(F)cc2Cl)cc1. The van der Waals surface area contributed by atoms with Crippen LogP contribution in [0.5, 0.6) is 0 Å². The van der Waals surface area contributed by atoms with Crippen LogP contribution >= 0.6 is 27.5 Å². The van der Waals surface area contributed by atoms with Crippen LogP contribution in [0.3, 0.4) is 0 Å². The molecule has 0 spiro atoms. The first-order valence-corrected chi connectivity index (χ1v) is 7.09. The first-order valence-electron chi connectivity index (χ1n) is 5.79.